The summed E-state index contributed by atoms with van der Waals surface area (Å²) in [4.78, 5) is 25.1. The first-order valence-corrected chi connectivity index (χ1v) is 9.20. The van der Waals surface area contributed by atoms with Gasteiger partial charge in [-0.3, -0.25) is 19.7 Å². The molecule has 1 amide bonds. The first kappa shape index (κ1) is 22.4. The Labute approximate surface area is 180 Å². The van der Waals surface area contributed by atoms with E-state index in [9.17, 15) is 28.0 Å². The zero-order valence-electron chi connectivity index (χ0n) is 16.9. The van der Waals surface area contributed by atoms with Gasteiger partial charge in [0.2, 0.25) is 5.71 Å². The number of para-hydroxylation sites is 1. The zero-order valence-corrected chi connectivity index (χ0v) is 16.9. The number of hydrogen-bond acceptors (Lipinski definition) is 5. The molecule has 2 N–H and O–H groups in total. The van der Waals surface area contributed by atoms with Crippen molar-refractivity contribution in [1.82, 2.24) is 9.36 Å². The topological polar surface area (TPSA) is 104 Å². The van der Waals surface area contributed by atoms with Crippen LogP contribution in [0.4, 0.5) is 24.5 Å². The maximum absolute atomic E-state index is 12.8. The van der Waals surface area contributed by atoms with E-state index in [1.54, 1.807) is 55.1 Å². The largest absolute Gasteiger partial charge is 0.416 e. The van der Waals surface area contributed by atoms with Crippen molar-refractivity contribution in [3.63, 3.8) is 0 Å². The highest BCUT2D eigenvalue weighted by molar-refractivity contribution is 6.48. The molecule has 0 aliphatic rings. The molecular formula is C21H17F3N6O2. The molecule has 0 atom stereocenters. The highest BCUT2D eigenvalue weighted by Gasteiger charge is 2.30. The molecule has 164 valence electrons. The fourth-order valence-electron chi connectivity index (χ4n) is 2.90. The summed E-state index contributed by atoms with van der Waals surface area (Å²) in [5, 5.41) is 15.1. The molecular weight excluding hydrogens is 425 g/mol. The van der Waals surface area contributed by atoms with E-state index in [0.717, 1.165) is 18.2 Å². The molecule has 32 heavy (non-hydrogen) atoms. The van der Waals surface area contributed by atoms with Crippen LogP contribution < -0.4 is 16.3 Å². The molecule has 1 heterocycles. The molecule has 0 saturated carbocycles. The van der Waals surface area contributed by atoms with E-state index in [2.05, 4.69) is 15.8 Å². The number of carbonyl (C=O) groups is 1. The molecule has 8 nitrogen and oxygen atoms in total. The zero-order chi connectivity index (χ0) is 23.5. The average Bonchev–Trinajstić information content (AvgIpc) is 2.97. The number of hydrogen-bond donors (Lipinski definition) is 2. The Bertz CT molecular complexity index is 1280. The second-order valence-electron chi connectivity index (χ2n) is 6.65. The molecule has 0 radical (unpaired) electrons. The summed E-state index contributed by atoms with van der Waals surface area (Å²) >= 11 is 0. The Morgan fingerprint density at radius 3 is 2.44 bits per heavy atom. The molecule has 0 bridgehead atoms. The SMILES string of the molecule is Cc1c(N/N=C(/C#N)C(=O)Nc2cccc(C(F)(F)F)c2)c(=O)n(-c2ccccc2)n1C. The lowest BCUT2D eigenvalue weighted by molar-refractivity contribution is -0.137. The summed E-state index contributed by atoms with van der Waals surface area (Å²) in [6.07, 6.45) is -4.59. The van der Waals surface area contributed by atoms with Crippen LogP contribution in [0.5, 0.6) is 0 Å². The number of halogens is 3. The number of rotatable bonds is 5. The van der Waals surface area contributed by atoms with Crippen LogP contribution in [0.1, 0.15) is 11.3 Å². The summed E-state index contributed by atoms with van der Waals surface area (Å²) in [5.41, 5.74) is 1.31. The van der Waals surface area contributed by atoms with Gasteiger partial charge in [0.1, 0.15) is 11.8 Å². The van der Waals surface area contributed by atoms with E-state index in [0.29, 0.717) is 11.4 Å². The normalized spacial score (nSPS) is 11.7. The molecule has 2 aromatic carbocycles. The number of carbonyl (C=O) groups excluding carboxylic acids is 1. The number of anilines is 2. The Morgan fingerprint density at radius 1 is 1.12 bits per heavy atom. The van der Waals surface area contributed by atoms with Crippen LogP contribution in [0.25, 0.3) is 5.69 Å². The fourth-order valence-corrected chi connectivity index (χ4v) is 2.90. The van der Waals surface area contributed by atoms with E-state index >= 15 is 0 Å². The standard InChI is InChI=1S/C21H17F3N6O2/c1-13-18(20(32)30(29(13)2)16-9-4-3-5-10-16)28-27-17(12-25)19(31)26-15-8-6-7-14(11-15)21(22,23)24/h3-11,28H,1-2H3,(H,26,31)/b27-17-. The van der Waals surface area contributed by atoms with E-state index < -0.39 is 28.9 Å². The van der Waals surface area contributed by atoms with Gasteiger partial charge in [-0.25, -0.2) is 4.68 Å². The van der Waals surface area contributed by atoms with E-state index in [4.69, 9.17) is 0 Å². The van der Waals surface area contributed by atoms with E-state index in [-0.39, 0.29) is 11.4 Å². The van der Waals surface area contributed by atoms with Crippen molar-refractivity contribution >= 4 is 23.0 Å². The van der Waals surface area contributed by atoms with Crippen LogP contribution in [0.3, 0.4) is 0 Å². The maximum Gasteiger partial charge on any atom is 0.416 e. The van der Waals surface area contributed by atoms with Crippen molar-refractivity contribution in [3.05, 3.63) is 76.2 Å². The highest BCUT2D eigenvalue weighted by atomic mass is 19.4. The number of amides is 1. The van der Waals surface area contributed by atoms with Crippen LogP contribution >= 0.6 is 0 Å². The monoisotopic (exact) mass is 442 g/mol. The molecule has 0 saturated heterocycles. The third-order valence-electron chi connectivity index (χ3n) is 4.60. The number of alkyl halides is 3. The number of nitrogens with one attached hydrogen (secondary N) is 2. The minimum atomic E-state index is -4.59. The summed E-state index contributed by atoms with van der Waals surface area (Å²) < 4.78 is 41.5. The molecule has 1 aromatic heterocycles. The summed E-state index contributed by atoms with van der Waals surface area (Å²) in [5.74, 6) is -1.03. The lowest BCUT2D eigenvalue weighted by Crippen LogP contribution is -2.24. The summed E-state index contributed by atoms with van der Waals surface area (Å²) in [7, 11) is 1.66. The molecule has 0 aliphatic heterocycles. The highest BCUT2D eigenvalue weighted by Crippen LogP contribution is 2.30. The van der Waals surface area contributed by atoms with Crippen molar-refractivity contribution in [3.8, 4) is 11.8 Å². The van der Waals surface area contributed by atoms with Gasteiger partial charge in [0.25, 0.3) is 11.5 Å². The average molecular weight is 442 g/mol. The maximum atomic E-state index is 12.8. The molecule has 3 rings (SSSR count). The smallest absolute Gasteiger partial charge is 0.320 e. The van der Waals surface area contributed by atoms with Crippen LogP contribution in [0.15, 0.2) is 64.5 Å². The van der Waals surface area contributed by atoms with Crippen molar-refractivity contribution in [2.45, 2.75) is 13.1 Å². The van der Waals surface area contributed by atoms with Gasteiger partial charge in [-0.05, 0) is 37.3 Å². The van der Waals surface area contributed by atoms with Gasteiger partial charge in [0, 0.05) is 12.7 Å². The van der Waals surface area contributed by atoms with Gasteiger partial charge in [-0.2, -0.15) is 23.5 Å². The molecule has 11 heteroatoms. The quantitative estimate of drug-likeness (QED) is 0.467. The summed E-state index contributed by atoms with van der Waals surface area (Å²) in [6, 6.07) is 14.3. The fraction of sp³-hybridized carbons (Fsp3) is 0.143. The van der Waals surface area contributed by atoms with Gasteiger partial charge >= 0.3 is 6.18 Å². The number of nitrogens with zero attached hydrogens (tertiary/aromatic N) is 4. The van der Waals surface area contributed by atoms with Crippen molar-refractivity contribution in [2.24, 2.45) is 12.1 Å². The second kappa shape index (κ2) is 8.81. The van der Waals surface area contributed by atoms with E-state index in [1.165, 1.54) is 10.7 Å². The molecule has 0 fully saturated rings. The molecule has 3 aromatic rings. The Hall–Kier alpha value is -4.33. The van der Waals surface area contributed by atoms with Crippen molar-refractivity contribution in [1.29, 1.82) is 5.26 Å². The third kappa shape index (κ3) is 4.54. The minimum absolute atomic E-state index is 0.0379. The first-order chi connectivity index (χ1) is 15.1. The number of benzene rings is 2. The van der Waals surface area contributed by atoms with Gasteiger partial charge < -0.3 is 5.32 Å². The van der Waals surface area contributed by atoms with Crippen LogP contribution in [0, 0.1) is 18.3 Å². The van der Waals surface area contributed by atoms with Gasteiger partial charge in [0.15, 0.2) is 0 Å². The number of aromatic nitrogens is 2. The lowest BCUT2D eigenvalue weighted by Gasteiger charge is -2.09. The van der Waals surface area contributed by atoms with Gasteiger partial charge in [-0.1, -0.05) is 24.3 Å². The number of nitriles is 1. The predicted molar refractivity (Wildman–Crippen MR) is 112 cm³/mol. The van der Waals surface area contributed by atoms with E-state index in [1.807, 2.05) is 0 Å². The lowest BCUT2D eigenvalue weighted by atomic mass is 10.2. The molecule has 0 spiro atoms. The minimum Gasteiger partial charge on any atom is -0.320 e. The molecule has 0 aliphatic carbocycles. The van der Waals surface area contributed by atoms with Crippen LogP contribution in [-0.2, 0) is 18.0 Å². The predicted octanol–water partition coefficient (Wildman–Crippen LogP) is 3.43. The Balaban J connectivity index is 1.85. The number of hydrazone groups is 1. The van der Waals surface area contributed by atoms with Crippen LogP contribution in [0.2, 0.25) is 0 Å². The first-order valence-electron chi connectivity index (χ1n) is 9.20. The van der Waals surface area contributed by atoms with Crippen molar-refractivity contribution in [2.75, 3.05) is 10.7 Å². The second-order valence-corrected chi connectivity index (χ2v) is 6.65. The third-order valence-corrected chi connectivity index (χ3v) is 4.60. The van der Waals surface area contributed by atoms with Gasteiger partial charge in [0.05, 0.1) is 16.9 Å². The van der Waals surface area contributed by atoms with Gasteiger partial charge in [-0.15, -0.1) is 0 Å². The summed E-state index contributed by atoms with van der Waals surface area (Å²) in [6.45, 7) is 1.65. The Morgan fingerprint density at radius 2 is 1.81 bits per heavy atom. The molecule has 0 unspecified atom stereocenters. The van der Waals surface area contributed by atoms with Crippen molar-refractivity contribution < 1.29 is 18.0 Å². The van der Waals surface area contributed by atoms with Crippen LogP contribution in [-0.4, -0.2) is 21.0 Å². The Kier molecular flexibility index (Phi) is 6.15.